The Balaban J connectivity index is 1.53. The van der Waals surface area contributed by atoms with Crippen molar-refractivity contribution in [3.8, 4) is 11.5 Å². The fraction of sp³-hybridized carbons (Fsp3) is 0.421. The lowest BCUT2D eigenvalue weighted by Gasteiger charge is -2.26. The number of hydrogen-bond acceptors (Lipinski definition) is 8. The van der Waals surface area contributed by atoms with Crippen LogP contribution < -0.4 is 20.1 Å². The molecule has 1 aromatic heterocycles. The predicted octanol–water partition coefficient (Wildman–Crippen LogP) is 1.49. The van der Waals surface area contributed by atoms with E-state index in [2.05, 4.69) is 25.5 Å². The summed E-state index contributed by atoms with van der Waals surface area (Å²) < 4.78 is 15.8. The Kier molecular flexibility index (Phi) is 6.99. The summed E-state index contributed by atoms with van der Waals surface area (Å²) in [5.74, 6) is 1.41. The van der Waals surface area contributed by atoms with Gasteiger partial charge in [-0.3, -0.25) is 9.69 Å². The van der Waals surface area contributed by atoms with Gasteiger partial charge in [-0.05, 0) is 12.1 Å². The maximum Gasteiger partial charge on any atom is 0.275 e. The zero-order valence-electron chi connectivity index (χ0n) is 16.1. The van der Waals surface area contributed by atoms with Gasteiger partial charge in [-0.1, -0.05) is 0 Å². The van der Waals surface area contributed by atoms with Crippen LogP contribution in [0.2, 0.25) is 0 Å². The number of carbonyl (C=O) groups is 1. The molecule has 150 valence electrons. The molecule has 0 unspecified atom stereocenters. The van der Waals surface area contributed by atoms with Crippen molar-refractivity contribution in [3.63, 3.8) is 0 Å². The van der Waals surface area contributed by atoms with E-state index in [9.17, 15) is 4.79 Å². The minimum Gasteiger partial charge on any atom is -0.497 e. The van der Waals surface area contributed by atoms with Crippen molar-refractivity contribution >= 4 is 17.4 Å². The number of hydrogen-bond donors (Lipinski definition) is 2. The highest BCUT2D eigenvalue weighted by atomic mass is 16.5. The fourth-order valence-corrected chi connectivity index (χ4v) is 2.79. The number of morpholine rings is 1. The number of benzene rings is 1. The van der Waals surface area contributed by atoms with Gasteiger partial charge in [0.1, 0.15) is 23.0 Å². The lowest BCUT2D eigenvalue weighted by Crippen LogP contribution is -2.39. The molecule has 0 spiro atoms. The van der Waals surface area contributed by atoms with Gasteiger partial charge >= 0.3 is 0 Å². The predicted molar refractivity (Wildman–Crippen MR) is 105 cm³/mol. The Labute approximate surface area is 164 Å². The molecule has 2 aromatic rings. The van der Waals surface area contributed by atoms with E-state index in [0.717, 1.165) is 39.4 Å². The molecule has 9 heteroatoms. The Morgan fingerprint density at radius 2 is 2.00 bits per heavy atom. The average Bonchev–Trinajstić information content (AvgIpc) is 2.75. The van der Waals surface area contributed by atoms with Gasteiger partial charge in [-0.25, -0.2) is 9.97 Å². The number of carbonyl (C=O) groups excluding carboxylic acids is 1. The minimum absolute atomic E-state index is 0.219. The topological polar surface area (TPSA) is 97.8 Å². The number of methoxy groups -OCH3 is 2. The van der Waals surface area contributed by atoms with Crippen LogP contribution in [-0.2, 0) is 4.74 Å². The largest absolute Gasteiger partial charge is 0.497 e. The molecular formula is C19H25N5O4. The molecule has 0 bridgehead atoms. The van der Waals surface area contributed by atoms with E-state index in [1.807, 2.05) is 0 Å². The van der Waals surface area contributed by atoms with Gasteiger partial charge in [0, 0.05) is 32.2 Å². The van der Waals surface area contributed by atoms with Crippen molar-refractivity contribution in [3.05, 3.63) is 36.3 Å². The van der Waals surface area contributed by atoms with Gasteiger partial charge in [0.05, 0.1) is 45.5 Å². The quantitative estimate of drug-likeness (QED) is 0.703. The number of aromatic nitrogens is 2. The normalized spacial score (nSPS) is 14.4. The summed E-state index contributed by atoms with van der Waals surface area (Å²) in [5.41, 5.74) is 0.749. The third-order valence-corrected chi connectivity index (χ3v) is 4.38. The molecule has 3 rings (SSSR count). The zero-order chi connectivity index (χ0) is 19.8. The molecular weight excluding hydrogens is 362 g/mol. The van der Waals surface area contributed by atoms with E-state index in [1.54, 1.807) is 31.5 Å². The highest BCUT2D eigenvalue weighted by Gasteiger charge is 2.13. The molecule has 0 saturated carbocycles. The molecule has 1 amide bonds. The van der Waals surface area contributed by atoms with Crippen LogP contribution in [0.25, 0.3) is 0 Å². The first-order chi connectivity index (χ1) is 13.7. The lowest BCUT2D eigenvalue weighted by molar-refractivity contribution is 0.0398. The Morgan fingerprint density at radius 3 is 2.68 bits per heavy atom. The van der Waals surface area contributed by atoms with Crippen LogP contribution in [0, 0.1) is 0 Å². The number of nitrogens with zero attached hydrogens (tertiary/aromatic N) is 3. The van der Waals surface area contributed by atoms with E-state index in [4.69, 9.17) is 14.2 Å². The van der Waals surface area contributed by atoms with Crippen LogP contribution in [0.4, 0.5) is 11.5 Å². The molecule has 1 aliphatic rings. The third-order valence-electron chi connectivity index (χ3n) is 4.38. The van der Waals surface area contributed by atoms with Crippen LogP contribution in [0.1, 0.15) is 10.5 Å². The average molecular weight is 387 g/mol. The summed E-state index contributed by atoms with van der Waals surface area (Å²) in [6, 6.07) is 5.15. The van der Waals surface area contributed by atoms with E-state index in [0.29, 0.717) is 23.0 Å². The van der Waals surface area contributed by atoms with E-state index < -0.39 is 0 Å². The van der Waals surface area contributed by atoms with Crippen molar-refractivity contribution < 1.29 is 19.0 Å². The third kappa shape index (κ3) is 5.30. The maximum atomic E-state index is 12.4. The highest BCUT2D eigenvalue weighted by Crippen LogP contribution is 2.29. The van der Waals surface area contributed by atoms with Crippen LogP contribution in [0.15, 0.2) is 30.6 Å². The van der Waals surface area contributed by atoms with Gasteiger partial charge in [0.25, 0.3) is 5.91 Å². The lowest BCUT2D eigenvalue weighted by atomic mass is 10.2. The molecule has 1 saturated heterocycles. The smallest absolute Gasteiger partial charge is 0.275 e. The van der Waals surface area contributed by atoms with Gasteiger partial charge in [-0.15, -0.1) is 0 Å². The monoisotopic (exact) mass is 387 g/mol. The Morgan fingerprint density at radius 1 is 1.18 bits per heavy atom. The molecule has 1 aromatic carbocycles. The fourth-order valence-electron chi connectivity index (χ4n) is 2.79. The Hall–Kier alpha value is -2.91. The molecule has 1 fully saturated rings. The first kappa shape index (κ1) is 19.8. The van der Waals surface area contributed by atoms with Crippen LogP contribution in [-0.4, -0.2) is 74.4 Å². The van der Waals surface area contributed by atoms with Gasteiger partial charge in [0.2, 0.25) is 0 Å². The molecule has 28 heavy (non-hydrogen) atoms. The molecule has 0 atom stereocenters. The van der Waals surface area contributed by atoms with Crippen molar-refractivity contribution in [2.24, 2.45) is 0 Å². The molecule has 9 nitrogen and oxygen atoms in total. The second-order valence-corrected chi connectivity index (χ2v) is 6.19. The summed E-state index contributed by atoms with van der Waals surface area (Å²) in [5, 5.41) is 5.99. The summed E-state index contributed by atoms with van der Waals surface area (Å²) in [6.07, 6.45) is 3.00. The van der Waals surface area contributed by atoms with E-state index >= 15 is 0 Å². The second-order valence-electron chi connectivity index (χ2n) is 6.19. The first-order valence-corrected chi connectivity index (χ1v) is 9.09. The van der Waals surface area contributed by atoms with E-state index in [-0.39, 0.29) is 11.6 Å². The van der Waals surface area contributed by atoms with Crippen LogP contribution in [0.5, 0.6) is 11.5 Å². The molecule has 2 N–H and O–H groups in total. The van der Waals surface area contributed by atoms with Crippen molar-refractivity contribution in [1.29, 1.82) is 0 Å². The highest BCUT2D eigenvalue weighted by molar-refractivity contribution is 6.03. The van der Waals surface area contributed by atoms with Crippen molar-refractivity contribution in [2.75, 3.05) is 64.2 Å². The summed E-state index contributed by atoms with van der Waals surface area (Å²) in [7, 11) is 3.10. The van der Waals surface area contributed by atoms with Crippen molar-refractivity contribution in [2.45, 2.75) is 0 Å². The standard InChI is InChI=1S/C19H25N5O4/c1-26-14-3-4-15(17(11-14)27-2)23-19(25)16-12-22-18(13-21-16)20-5-6-24-7-9-28-10-8-24/h3-4,11-13H,5-10H2,1-2H3,(H,20,22)(H,23,25). The van der Waals surface area contributed by atoms with Gasteiger partial charge in [0.15, 0.2) is 0 Å². The van der Waals surface area contributed by atoms with E-state index in [1.165, 1.54) is 13.3 Å². The zero-order valence-corrected chi connectivity index (χ0v) is 16.1. The van der Waals surface area contributed by atoms with Gasteiger partial charge < -0.3 is 24.8 Å². The summed E-state index contributed by atoms with van der Waals surface area (Å²) >= 11 is 0. The number of amides is 1. The SMILES string of the molecule is COc1ccc(NC(=O)c2cnc(NCCN3CCOCC3)cn2)c(OC)c1. The molecule has 2 heterocycles. The van der Waals surface area contributed by atoms with Crippen LogP contribution in [0.3, 0.4) is 0 Å². The summed E-state index contributed by atoms with van der Waals surface area (Å²) in [4.78, 5) is 23.2. The van der Waals surface area contributed by atoms with Gasteiger partial charge in [-0.2, -0.15) is 0 Å². The molecule has 0 radical (unpaired) electrons. The number of rotatable bonds is 8. The number of nitrogens with one attached hydrogen (secondary N) is 2. The maximum absolute atomic E-state index is 12.4. The summed E-state index contributed by atoms with van der Waals surface area (Å²) in [6.45, 7) is 5.11. The van der Waals surface area contributed by atoms with Crippen molar-refractivity contribution in [1.82, 2.24) is 14.9 Å². The molecule has 1 aliphatic heterocycles. The number of ether oxygens (including phenoxy) is 3. The Bertz CT molecular complexity index is 778. The molecule has 0 aliphatic carbocycles. The first-order valence-electron chi connectivity index (χ1n) is 9.09. The minimum atomic E-state index is -0.365. The number of anilines is 2. The van der Waals surface area contributed by atoms with Crippen LogP contribution >= 0.6 is 0 Å². The second kappa shape index (κ2) is 9.86.